The van der Waals surface area contributed by atoms with E-state index in [4.69, 9.17) is 10.9 Å². The zero-order chi connectivity index (χ0) is 17.1. The van der Waals surface area contributed by atoms with Gasteiger partial charge in [-0.3, -0.25) is 19.6 Å². The normalized spacial score (nSPS) is 10.1. The van der Waals surface area contributed by atoms with E-state index in [1.807, 2.05) is 0 Å². The highest BCUT2D eigenvalue weighted by molar-refractivity contribution is 5.94. The first-order chi connectivity index (χ1) is 11.0. The van der Waals surface area contributed by atoms with E-state index in [9.17, 15) is 14.4 Å². The van der Waals surface area contributed by atoms with Crippen LogP contribution in [0, 0.1) is 0 Å². The van der Waals surface area contributed by atoms with Crippen molar-refractivity contribution in [3.63, 3.8) is 0 Å². The van der Waals surface area contributed by atoms with Crippen LogP contribution in [0.15, 0.2) is 24.3 Å². The van der Waals surface area contributed by atoms with Gasteiger partial charge in [-0.1, -0.05) is 0 Å². The number of rotatable bonds is 10. The van der Waals surface area contributed by atoms with Gasteiger partial charge in [0.2, 0.25) is 5.91 Å². The third-order valence-corrected chi connectivity index (χ3v) is 3.10. The fourth-order valence-corrected chi connectivity index (χ4v) is 1.79. The summed E-state index contributed by atoms with van der Waals surface area (Å²) < 4.78 is 0. The fourth-order valence-electron chi connectivity index (χ4n) is 1.79. The van der Waals surface area contributed by atoms with Gasteiger partial charge in [-0.05, 0) is 24.3 Å². The number of amides is 2. The van der Waals surface area contributed by atoms with E-state index in [1.54, 1.807) is 24.3 Å². The number of ketones is 1. The maximum atomic E-state index is 11.8. The zero-order valence-electron chi connectivity index (χ0n) is 12.8. The third-order valence-electron chi connectivity index (χ3n) is 3.10. The molecule has 0 aliphatic rings. The van der Waals surface area contributed by atoms with Gasteiger partial charge in [0.15, 0.2) is 0 Å². The van der Waals surface area contributed by atoms with Gasteiger partial charge < -0.3 is 16.4 Å². The molecule has 1 aromatic carbocycles. The number of nitrogens with two attached hydrogens (primary N) is 1. The first kappa shape index (κ1) is 18.6. The second kappa shape index (κ2) is 10.3. The van der Waals surface area contributed by atoms with Crippen LogP contribution in [0.5, 0.6) is 0 Å². The van der Waals surface area contributed by atoms with Gasteiger partial charge in [0, 0.05) is 50.1 Å². The van der Waals surface area contributed by atoms with Crippen molar-refractivity contribution < 1.29 is 19.6 Å². The highest BCUT2D eigenvalue weighted by Crippen LogP contribution is 2.04. The second-order valence-electron chi connectivity index (χ2n) is 4.95. The monoisotopic (exact) mass is 322 g/mol. The second-order valence-corrected chi connectivity index (χ2v) is 4.95. The number of carbonyl (C=O) groups is 3. The Bertz CT molecular complexity index is 531. The smallest absolute Gasteiger partial charge is 0.251 e. The molecule has 23 heavy (non-hydrogen) atoms. The molecule has 6 N–H and O–H groups in total. The van der Waals surface area contributed by atoms with Crippen LogP contribution in [0.4, 0.5) is 5.69 Å². The Morgan fingerprint density at radius 2 is 1.65 bits per heavy atom. The Labute approximate surface area is 134 Å². The lowest BCUT2D eigenvalue weighted by Gasteiger charge is -2.07. The number of hydrogen-bond acceptors (Lipinski definition) is 6. The number of benzene rings is 1. The standard InChI is InChI=1S/C15H22N4O4/c16-12-3-1-11(2-4-12)15(22)18-10-9-17-8-7-13(20)5-6-14(21)19-23/h1-4,17,23H,5-10,16H2,(H,18,22)(H,19,21). The third kappa shape index (κ3) is 7.93. The maximum absolute atomic E-state index is 11.8. The molecule has 0 aliphatic heterocycles. The highest BCUT2D eigenvalue weighted by atomic mass is 16.5. The molecule has 0 unspecified atom stereocenters. The van der Waals surface area contributed by atoms with Crippen molar-refractivity contribution in [1.82, 2.24) is 16.1 Å². The first-order valence-corrected chi connectivity index (χ1v) is 7.32. The van der Waals surface area contributed by atoms with E-state index in [1.165, 1.54) is 5.48 Å². The van der Waals surface area contributed by atoms with Gasteiger partial charge in [0.1, 0.15) is 5.78 Å². The Hall–Kier alpha value is -2.45. The summed E-state index contributed by atoms with van der Waals surface area (Å²) in [6.07, 6.45) is 0.375. The van der Waals surface area contributed by atoms with Crippen LogP contribution in [-0.4, -0.2) is 42.4 Å². The summed E-state index contributed by atoms with van der Waals surface area (Å²) in [5.41, 5.74) is 8.17. The summed E-state index contributed by atoms with van der Waals surface area (Å²) in [5, 5.41) is 14.1. The molecule has 0 radical (unpaired) electrons. The van der Waals surface area contributed by atoms with Crippen molar-refractivity contribution in [2.24, 2.45) is 0 Å². The van der Waals surface area contributed by atoms with Crippen molar-refractivity contribution in [3.05, 3.63) is 29.8 Å². The topological polar surface area (TPSA) is 134 Å². The minimum atomic E-state index is -0.573. The molecule has 1 rings (SSSR count). The molecule has 0 atom stereocenters. The van der Waals surface area contributed by atoms with Gasteiger partial charge in [0.25, 0.3) is 5.91 Å². The molecule has 0 fully saturated rings. The average Bonchev–Trinajstić information content (AvgIpc) is 2.56. The quantitative estimate of drug-likeness (QED) is 0.176. The van der Waals surface area contributed by atoms with E-state index >= 15 is 0 Å². The lowest BCUT2D eigenvalue weighted by Crippen LogP contribution is -2.32. The number of carbonyl (C=O) groups excluding carboxylic acids is 3. The Morgan fingerprint density at radius 1 is 0.957 bits per heavy atom. The number of hydrogen-bond donors (Lipinski definition) is 5. The molecule has 0 heterocycles. The molecule has 126 valence electrons. The summed E-state index contributed by atoms with van der Waals surface area (Å²) in [4.78, 5) is 34.0. The molecule has 0 aromatic heterocycles. The number of nitrogen functional groups attached to an aromatic ring is 1. The summed E-state index contributed by atoms with van der Waals surface area (Å²) in [6.45, 7) is 1.44. The molecule has 8 heteroatoms. The Morgan fingerprint density at radius 3 is 2.30 bits per heavy atom. The number of anilines is 1. The Kier molecular flexibility index (Phi) is 8.33. The van der Waals surface area contributed by atoms with Crippen molar-refractivity contribution in [1.29, 1.82) is 0 Å². The SMILES string of the molecule is Nc1ccc(C(=O)NCCNCCC(=O)CCC(=O)NO)cc1. The van der Waals surface area contributed by atoms with Gasteiger partial charge in [0.05, 0.1) is 0 Å². The van der Waals surface area contributed by atoms with Crippen molar-refractivity contribution in [2.45, 2.75) is 19.3 Å². The maximum Gasteiger partial charge on any atom is 0.251 e. The van der Waals surface area contributed by atoms with E-state index in [0.717, 1.165) is 0 Å². The molecular weight excluding hydrogens is 300 g/mol. The summed E-state index contributed by atoms with van der Waals surface area (Å²) in [5.74, 6) is -0.818. The first-order valence-electron chi connectivity index (χ1n) is 7.32. The van der Waals surface area contributed by atoms with E-state index < -0.39 is 5.91 Å². The predicted octanol–water partition coefficient (Wildman–Crippen LogP) is -0.167. The minimum absolute atomic E-state index is 0.0209. The highest BCUT2D eigenvalue weighted by Gasteiger charge is 2.06. The van der Waals surface area contributed by atoms with Crippen LogP contribution in [0.2, 0.25) is 0 Å². The van der Waals surface area contributed by atoms with Crippen LogP contribution in [0.3, 0.4) is 0 Å². The van der Waals surface area contributed by atoms with Gasteiger partial charge in [-0.15, -0.1) is 0 Å². The molecule has 2 amide bonds. The number of Topliss-reactive ketones (excluding diaryl/α,β-unsaturated/α-hetero) is 1. The van der Waals surface area contributed by atoms with Crippen LogP contribution in [0.1, 0.15) is 29.6 Å². The van der Waals surface area contributed by atoms with Crippen LogP contribution < -0.4 is 21.8 Å². The summed E-state index contributed by atoms with van der Waals surface area (Å²) >= 11 is 0. The lowest BCUT2D eigenvalue weighted by atomic mass is 10.1. The molecular formula is C15H22N4O4. The minimum Gasteiger partial charge on any atom is -0.399 e. The van der Waals surface area contributed by atoms with Crippen molar-refractivity contribution >= 4 is 23.3 Å². The van der Waals surface area contributed by atoms with Crippen LogP contribution in [-0.2, 0) is 9.59 Å². The Balaban J connectivity index is 2.07. The molecule has 0 aliphatic carbocycles. The van der Waals surface area contributed by atoms with Gasteiger partial charge >= 0.3 is 0 Å². The molecule has 0 saturated heterocycles. The van der Waals surface area contributed by atoms with Crippen LogP contribution >= 0.6 is 0 Å². The largest absolute Gasteiger partial charge is 0.399 e. The molecule has 8 nitrogen and oxygen atoms in total. The molecule has 1 aromatic rings. The lowest BCUT2D eigenvalue weighted by molar-refractivity contribution is -0.131. The van der Waals surface area contributed by atoms with Gasteiger partial charge in [-0.2, -0.15) is 0 Å². The van der Waals surface area contributed by atoms with E-state index in [-0.39, 0.29) is 24.5 Å². The van der Waals surface area contributed by atoms with Crippen molar-refractivity contribution in [2.75, 3.05) is 25.4 Å². The van der Waals surface area contributed by atoms with Crippen LogP contribution in [0.25, 0.3) is 0 Å². The average molecular weight is 322 g/mol. The summed E-state index contributed by atoms with van der Waals surface area (Å²) in [6, 6.07) is 6.63. The summed E-state index contributed by atoms with van der Waals surface area (Å²) in [7, 11) is 0. The number of hydroxylamine groups is 1. The molecule has 0 bridgehead atoms. The van der Waals surface area contributed by atoms with Gasteiger partial charge in [-0.25, -0.2) is 5.48 Å². The number of nitrogens with one attached hydrogen (secondary N) is 3. The van der Waals surface area contributed by atoms with Crippen molar-refractivity contribution in [3.8, 4) is 0 Å². The molecule has 0 saturated carbocycles. The zero-order valence-corrected chi connectivity index (χ0v) is 12.8. The molecule has 0 spiro atoms. The predicted molar refractivity (Wildman–Crippen MR) is 84.8 cm³/mol. The fraction of sp³-hybridized carbons (Fsp3) is 0.400. The van der Waals surface area contributed by atoms with E-state index in [0.29, 0.717) is 37.3 Å². The van der Waals surface area contributed by atoms with E-state index in [2.05, 4.69) is 10.6 Å².